The highest BCUT2D eigenvalue weighted by atomic mass is 35.5. The van der Waals surface area contributed by atoms with Crippen molar-refractivity contribution in [2.45, 2.75) is 44.3 Å². The van der Waals surface area contributed by atoms with Crippen molar-refractivity contribution in [1.82, 2.24) is 20.0 Å². The smallest absolute Gasteiger partial charge is 0.266 e. The van der Waals surface area contributed by atoms with E-state index in [4.69, 9.17) is 4.74 Å². The molecule has 2 saturated heterocycles. The van der Waals surface area contributed by atoms with Crippen LogP contribution in [-0.4, -0.2) is 84.7 Å². The SMILES string of the molecule is CCCCOc1ccc(N2CCN(S(=O)(=O)C3(C(=O)NO)CCN(c4ccc(C)nn4)CC3)CC2)cc1.Cl.Cl. The van der Waals surface area contributed by atoms with Crippen LogP contribution in [0.2, 0.25) is 0 Å². The van der Waals surface area contributed by atoms with Crippen LogP contribution >= 0.6 is 24.8 Å². The predicted octanol–water partition coefficient (Wildman–Crippen LogP) is 2.80. The minimum absolute atomic E-state index is 0. The van der Waals surface area contributed by atoms with Crippen molar-refractivity contribution in [2.75, 3.05) is 55.7 Å². The van der Waals surface area contributed by atoms with Crippen molar-refractivity contribution in [1.29, 1.82) is 0 Å². The standard InChI is InChI=1S/C25H36N6O5S.2ClH/c1-3-4-19-36-22-8-6-21(7-9-22)29-15-17-31(18-16-29)37(34,35)25(24(32)28-33)11-13-30(14-12-25)23-10-5-20(2)26-27-23;;/h5-10,33H,3-4,11-19H2,1-2H3,(H,28,32);2*1H. The fourth-order valence-corrected chi connectivity index (χ4v) is 7.00. The number of piperidine rings is 1. The van der Waals surface area contributed by atoms with Gasteiger partial charge >= 0.3 is 0 Å². The molecule has 0 spiro atoms. The minimum atomic E-state index is -4.04. The van der Waals surface area contributed by atoms with Crippen LogP contribution in [0.4, 0.5) is 11.5 Å². The molecule has 0 radical (unpaired) electrons. The van der Waals surface area contributed by atoms with Gasteiger partial charge < -0.3 is 14.5 Å². The van der Waals surface area contributed by atoms with E-state index >= 15 is 0 Å². The topological polar surface area (TPSA) is 128 Å². The van der Waals surface area contributed by atoms with Crippen molar-refractivity contribution >= 4 is 52.2 Å². The summed E-state index contributed by atoms with van der Waals surface area (Å²) in [5.74, 6) is 0.568. The molecular formula is C25H38Cl2N6O5S. The molecule has 3 heterocycles. The Bertz CT molecular complexity index is 1150. The number of amides is 1. The summed E-state index contributed by atoms with van der Waals surface area (Å²) in [5, 5.41) is 17.7. The second-order valence-electron chi connectivity index (χ2n) is 9.54. The van der Waals surface area contributed by atoms with Crippen molar-refractivity contribution < 1.29 is 23.2 Å². The van der Waals surface area contributed by atoms with Crippen LogP contribution in [0.3, 0.4) is 0 Å². The Hall–Kier alpha value is -2.38. The Morgan fingerprint density at radius 3 is 2.15 bits per heavy atom. The zero-order chi connectivity index (χ0) is 26.5. The van der Waals surface area contributed by atoms with Crippen molar-refractivity contribution in [3.05, 3.63) is 42.1 Å². The molecule has 2 aliphatic heterocycles. The summed E-state index contributed by atoms with van der Waals surface area (Å²) in [7, 11) is -4.04. The van der Waals surface area contributed by atoms with Gasteiger partial charge in [0.1, 0.15) is 5.75 Å². The molecule has 0 atom stereocenters. The van der Waals surface area contributed by atoms with Gasteiger partial charge in [-0.25, -0.2) is 13.9 Å². The summed E-state index contributed by atoms with van der Waals surface area (Å²) in [4.78, 5) is 16.9. The summed E-state index contributed by atoms with van der Waals surface area (Å²) in [6.07, 6.45) is 2.16. The second kappa shape index (κ2) is 14.3. The zero-order valence-corrected chi connectivity index (χ0v) is 24.7. The number of hydrogen-bond acceptors (Lipinski definition) is 9. The molecule has 218 valence electrons. The number of aryl methyl sites for hydroxylation is 1. The molecule has 2 N–H and O–H groups in total. The number of sulfonamides is 1. The molecular weight excluding hydrogens is 567 g/mol. The molecule has 1 aromatic heterocycles. The van der Waals surface area contributed by atoms with Gasteiger partial charge in [-0.15, -0.1) is 29.9 Å². The number of aromatic nitrogens is 2. The van der Waals surface area contributed by atoms with E-state index in [-0.39, 0.29) is 50.7 Å². The van der Waals surface area contributed by atoms with Gasteiger partial charge in [0.25, 0.3) is 5.91 Å². The molecule has 39 heavy (non-hydrogen) atoms. The number of carbonyl (C=O) groups excluding carboxylic acids is 1. The molecule has 0 bridgehead atoms. The van der Waals surface area contributed by atoms with Crippen LogP contribution in [0.5, 0.6) is 5.75 Å². The third-order valence-corrected chi connectivity index (χ3v) is 9.86. The summed E-state index contributed by atoms with van der Waals surface area (Å²) in [6.45, 7) is 6.76. The number of nitrogens with zero attached hydrogens (tertiary/aromatic N) is 5. The van der Waals surface area contributed by atoms with Gasteiger partial charge in [-0.1, -0.05) is 13.3 Å². The summed E-state index contributed by atoms with van der Waals surface area (Å²) in [6, 6.07) is 11.5. The first-order valence-corrected chi connectivity index (χ1v) is 14.2. The molecule has 2 fully saturated rings. The number of hydroxylamine groups is 1. The van der Waals surface area contributed by atoms with E-state index in [1.165, 1.54) is 4.31 Å². The number of unbranched alkanes of at least 4 members (excludes halogenated alkanes) is 1. The number of halogens is 2. The fourth-order valence-electron chi connectivity index (χ4n) is 4.88. The van der Waals surface area contributed by atoms with Gasteiger partial charge in [0.05, 0.1) is 12.3 Å². The molecule has 1 aromatic carbocycles. The normalized spacial score (nSPS) is 17.5. The van der Waals surface area contributed by atoms with Gasteiger partial charge in [-0.05, 0) is 62.6 Å². The van der Waals surface area contributed by atoms with Crippen LogP contribution in [0, 0.1) is 6.92 Å². The highest BCUT2D eigenvalue weighted by molar-refractivity contribution is 7.91. The molecule has 2 aliphatic rings. The molecule has 11 nitrogen and oxygen atoms in total. The van der Waals surface area contributed by atoms with E-state index in [2.05, 4.69) is 22.0 Å². The minimum Gasteiger partial charge on any atom is -0.494 e. The second-order valence-corrected chi connectivity index (χ2v) is 11.8. The third-order valence-electron chi connectivity index (χ3n) is 7.24. The predicted molar refractivity (Wildman–Crippen MR) is 155 cm³/mol. The van der Waals surface area contributed by atoms with Crippen molar-refractivity contribution in [2.24, 2.45) is 0 Å². The van der Waals surface area contributed by atoms with Crippen molar-refractivity contribution in [3.63, 3.8) is 0 Å². The number of benzene rings is 1. The number of ether oxygens (including phenoxy) is 1. The van der Waals surface area contributed by atoms with E-state index in [0.717, 1.165) is 30.0 Å². The fraction of sp³-hybridized carbons (Fsp3) is 0.560. The first-order chi connectivity index (χ1) is 17.8. The lowest BCUT2D eigenvalue weighted by Gasteiger charge is -2.44. The van der Waals surface area contributed by atoms with Crippen LogP contribution in [0.25, 0.3) is 0 Å². The number of carbonyl (C=O) groups is 1. The number of rotatable bonds is 9. The zero-order valence-electron chi connectivity index (χ0n) is 22.3. The summed E-state index contributed by atoms with van der Waals surface area (Å²) >= 11 is 0. The van der Waals surface area contributed by atoms with Gasteiger partial charge in [-0.2, -0.15) is 9.40 Å². The van der Waals surface area contributed by atoms with E-state index < -0.39 is 20.7 Å². The number of hydrogen-bond donors (Lipinski definition) is 2. The molecule has 0 unspecified atom stereocenters. The molecule has 0 aliphatic carbocycles. The van der Waals surface area contributed by atoms with Gasteiger partial charge in [0, 0.05) is 45.0 Å². The third kappa shape index (κ3) is 7.04. The van der Waals surface area contributed by atoms with E-state index in [9.17, 15) is 18.4 Å². The Kier molecular flexibility index (Phi) is 12.0. The average molecular weight is 606 g/mol. The summed E-state index contributed by atoms with van der Waals surface area (Å²) in [5.41, 5.74) is 3.41. The Labute approximate surface area is 242 Å². The molecule has 14 heteroatoms. The van der Waals surface area contributed by atoms with Crippen LogP contribution in [-0.2, 0) is 14.8 Å². The highest BCUT2D eigenvalue weighted by Gasteiger charge is 2.55. The van der Waals surface area contributed by atoms with Gasteiger partial charge in [-0.3, -0.25) is 10.0 Å². The van der Waals surface area contributed by atoms with Crippen LogP contribution in [0.1, 0.15) is 38.3 Å². The quantitative estimate of drug-likeness (QED) is 0.252. The molecule has 0 saturated carbocycles. The first-order valence-electron chi connectivity index (χ1n) is 12.8. The molecule has 2 aromatic rings. The molecule has 4 rings (SSSR count). The maximum atomic E-state index is 13.8. The average Bonchev–Trinajstić information content (AvgIpc) is 2.93. The maximum Gasteiger partial charge on any atom is 0.266 e. The lowest BCUT2D eigenvalue weighted by Crippen LogP contribution is -2.63. The van der Waals surface area contributed by atoms with Gasteiger partial charge in [0.15, 0.2) is 10.6 Å². The summed E-state index contributed by atoms with van der Waals surface area (Å²) < 4.78 is 33.1. The molecule has 1 amide bonds. The number of nitrogens with one attached hydrogen (secondary N) is 1. The Morgan fingerprint density at radius 1 is 0.974 bits per heavy atom. The number of piperazine rings is 1. The number of anilines is 2. The monoisotopic (exact) mass is 604 g/mol. The highest BCUT2D eigenvalue weighted by Crippen LogP contribution is 2.35. The lowest BCUT2D eigenvalue weighted by atomic mass is 9.95. The van der Waals surface area contributed by atoms with Crippen LogP contribution in [0.15, 0.2) is 36.4 Å². The Morgan fingerprint density at radius 2 is 1.62 bits per heavy atom. The van der Waals surface area contributed by atoms with Gasteiger partial charge in [0.2, 0.25) is 10.0 Å². The lowest BCUT2D eigenvalue weighted by molar-refractivity contribution is -0.132. The van der Waals surface area contributed by atoms with Crippen LogP contribution < -0.4 is 20.0 Å². The van der Waals surface area contributed by atoms with E-state index in [0.29, 0.717) is 38.6 Å². The first kappa shape index (κ1) is 32.8. The van der Waals surface area contributed by atoms with E-state index in [1.54, 1.807) is 5.48 Å². The maximum absolute atomic E-state index is 13.8. The van der Waals surface area contributed by atoms with Crippen molar-refractivity contribution in [3.8, 4) is 5.75 Å². The Balaban J connectivity index is 0.00000267. The van der Waals surface area contributed by atoms with E-state index in [1.807, 2.05) is 48.2 Å². The largest absolute Gasteiger partial charge is 0.494 e.